The molecule has 2 aromatic rings. The van der Waals surface area contributed by atoms with E-state index in [0.29, 0.717) is 0 Å². The van der Waals surface area contributed by atoms with E-state index in [0.717, 1.165) is 31.9 Å². The number of aryl methyl sites for hydroxylation is 1. The summed E-state index contributed by atoms with van der Waals surface area (Å²) in [4.78, 5) is 0. The van der Waals surface area contributed by atoms with Crippen LogP contribution in [0.5, 0.6) is 5.75 Å². The van der Waals surface area contributed by atoms with E-state index in [2.05, 4.69) is 33.4 Å². The summed E-state index contributed by atoms with van der Waals surface area (Å²) in [7, 11) is 3.62. The molecule has 1 atom stereocenters. The third-order valence-electron chi connectivity index (χ3n) is 3.19. The number of rotatable bonds is 4. The van der Waals surface area contributed by atoms with Crippen molar-refractivity contribution in [2.45, 2.75) is 13.0 Å². The fourth-order valence-corrected chi connectivity index (χ4v) is 3.04. The van der Waals surface area contributed by atoms with Gasteiger partial charge in [0.2, 0.25) is 0 Å². The van der Waals surface area contributed by atoms with Gasteiger partial charge in [-0.25, -0.2) is 0 Å². The van der Waals surface area contributed by atoms with Gasteiger partial charge in [-0.15, -0.1) is 0 Å². The lowest BCUT2D eigenvalue weighted by Gasteiger charge is -2.21. The fraction of sp³-hybridized carbons (Fsp3) is 0.250. The second-order valence-corrected chi connectivity index (χ2v) is 6.02. The first-order valence-corrected chi connectivity index (χ1v) is 7.50. The van der Waals surface area contributed by atoms with Crippen molar-refractivity contribution in [2.75, 3.05) is 14.2 Å². The number of nitrogens with one attached hydrogen (secondary N) is 1. The highest BCUT2D eigenvalue weighted by Crippen LogP contribution is 2.33. The van der Waals surface area contributed by atoms with Crippen LogP contribution in [0.15, 0.2) is 40.9 Å². The summed E-state index contributed by atoms with van der Waals surface area (Å²) in [5, 5.41) is 4.08. The molecule has 0 fully saturated rings. The van der Waals surface area contributed by atoms with Gasteiger partial charge in [0.25, 0.3) is 0 Å². The molecular weight excluding hydrogens is 338 g/mol. The summed E-state index contributed by atoms with van der Waals surface area (Å²) in [5.74, 6) is 0.852. The van der Waals surface area contributed by atoms with Crippen molar-refractivity contribution in [1.29, 1.82) is 0 Å². The van der Waals surface area contributed by atoms with Gasteiger partial charge in [-0.2, -0.15) is 0 Å². The zero-order valence-corrected chi connectivity index (χ0v) is 14.0. The van der Waals surface area contributed by atoms with Crippen molar-refractivity contribution < 1.29 is 4.74 Å². The quantitative estimate of drug-likeness (QED) is 0.857. The van der Waals surface area contributed by atoms with E-state index < -0.39 is 0 Å². The molecule has 0 spiro atoms. The van der Waals surface area contributed by atoms with Gasteiger partial charge in [0, 0.05) is 15.1 Å². The van der Waals surface area contributed by atoms with E-state index in [1.165, 1.54) is 0 Å². The normalized spacial score (nSPS) is 12.2. The van der Waals surface area contributed by atoms with Gasteiger partial charge in [-0.05, 0) is 55.4 Å². The predicted octanol–water partition coefficient (Wildman–Crippen LogP) is 4.73. The summed E-state index contributed by atoms with van der Waals surface area (Å²) in [6.07, 6.45) is 0. The summed E-state index contributed by atoms with van der Waals surface area (Å²) in [5.41, 5.74) is 3.33. The lowest BCUT2D eigenvalue weighted by molar-refractivity contribution is 0.405. The first-order valence-electron chi connectivity index (χ1n) is 6.33. The fourth-order valence-electron chi connectivity index (χ4n) is 2.36. The van der Waals surface area contributed by atoms with E-state index in [-0.39, 0.29) is 6.04 Å². The maximum absolute atomic E-state index is 6.18. The molecule has 1 unspecified atom stereocenters. The van der Waals surface area contributed by atoms with Crippen molar-refractivity contribution in [3.8, 4) is 5.75 Å². The summed E-state index contributed by atoms with van der Waals surface area (Å²) in [6.45, 7) is 2.04. The average molecular weight is 355 g/mol. The minimum Gasteiger partial charge on any atom is -0.496 e. The monoisotopic (exact) mass is 353 g/mol. The SMILES string of the molecule is CNC(c1cc(C)cc(Cl)c1)c1cc(Br)ccc1OC. The third kappa shape index (κ3) is 3.35. The van der Waals surface area contributed by atoms with Crippen LogP contribution in [0.3, 0.4) is 0 Å². The van der Waals surface area contributed by atoms with Gasteiger partial charge in [-0.1, -0.05) is 33.6 Å². The van der Waals surface area contributed by atoms with Crippen molar-refractivity contribution in [2.24, 2.45) is 0 Å². The molecule has 4 heteroatoms. The Morgan fingerprint density at radius 2 is 1.95 bits per heavy atom. The molecule has 2 rings (SSSR count). The smallest absolute Gasteiger partial charge is 0.124 e. The van der Waals surface area contributed by atoms with E-state index in [4.69, 9.17) is 16.3 Å². The highest BCUT2D eigenvalue weighted by Gasteiger charge is 2.17. The second kappa shape index (κ2) is 6.61. The van der Waals surface area contributed by atoms with Gasteiger partial charge in [0.05, 0.1) is 13.2 Å². The number of benzene rings is 2. The summed E-state index contributed by atoms with van der Waals surface area (Å²) >= 11 is 9.69. The molecule has 0 aliphatic rings. The average Bonchev–Trinajstić information content (AvgIpc) is 2.39. The molecule has 0 saturated carbocycles. The minimum absolute atomic E-state index is 0.0276. The molecule has 0 amide bonds. The highest BCUT2D eigenvalue weighted by atomic mass is 79.9. The Morgan fingerprint density at radius 1 is 1.20 bits per heavy atom. The maximum Gasteiger partial charge on any atom is 0.124 e. The Labute approximate surface area is 133 Å². The number of hydrogen-bond donors (Lipinski definition) is 1. The number of halogens is 2. The molecule has 0 aliphatic heterocycles. The van der Waals surface area contributed by atoms with Gasteiger partial charge < -0.3 is 10.1 Å². The number of ether oxygens (including phenoxy) is 1. The number of methoxy groups -OCH3 is 1. The lowest BCUT2D eigenvalue weighted by Crippen LogP contribution is -2.18. The Kier molecular flexibility index (Phi) is 5.08. The third-order valence-corrected chi connectivity index (χ3v) is 3.90. The van der Waals surface area contributed by atoms with Gasteiger partial charge in [-0.3, -0.25) is 0 Å². The van der Waals surface area contributed by atoms with Crippen LogP contribution in [0.25, 0.3) is 0 Å². The van der Waals surface area contributed by atoms with Crippen molar-refractivity contribution >= 4 is 27.5 Å². The molecule has 0 radical (unpaired) electrons. The van der Waals surface area contributed by atoms with E-state index in [9.17, 15) is 0 Å². The van der Waals surface area contributed by atoms with Crippen LogP contribution in [-0.4, -0.2) is 14.2 Å². The van der Waals surface area contributed by atoms with Gasteiger partial charge >= 0.3 is 0 Å². The highest BCUT2D eigenvalue weighted by molar-refractivity contribution is 9.10. The molecular formula is C16H17BrClNO. The first kappa shape index (κ1) is 15.4. The molecule has 1 N–H and O–H groups in total. The van der Waals surface area contributed by atoms with Gasteiger partial charge in [0.15, 0.2) is 0 Å². The van der Waals surface area contributed by atoms with Crippen LogP contribution >= 0.6 is 27.5 Å². The van der Waals surface area contributed by atoms with Crippen molar-refractivity contribution in [3.05, 3.63) is 62.6 Å². The Balaban J connectivity index is 2.54. The van der Waals surface area contributed by atoms with E-state index >= 15 is 0 Å². The summed E-state index contributed by atoms with van der Waals surface area (Å²) < 4.78 is 6.49. The molecule has 0 saturated heterocycles. The summed E-state index contributed by atoms with van der Waals surface area (Å²) in [6, 6.07) is 12.1. The molecule has 20 heavy (non-hydrogen) atoms. The van der Waals surface area contributed by atoms with Crippen LogP contribution in [0.4, 0.5) is 0 Å². The largest absolute Gasteiger partial charge is 0.496 e. The molecule has 2 nitrogen and oxygen atoms in total. The molecule has 0 heterocycles. The first-order chi connectivity index (χ1) is 9.55. The Bertz CT molecular complexity index is 595. The van der Waals surface area contributed by atoms with Gasteiger partial charge in [0.1, 0.15) is 5.75 Å². The Morgan fingerprint density at radius 3 is 2.55 bits per heavy atom. The predicted molar refractivity (Wildman–Crippen MR) is 87.8 cm³/mol. The second-order valence-electron chi connectivity index (χ2n) is 4.67. The minimum atomic E-state index is 0.0276. The van der Waals surface area contributed by atoms with Crippen molar-refractivity contribution in [1.82, 2.24) is 5.32 Å². The van der Waals surface area contributed by atoms with Crippen LogP contribution < -0.4 is 10.1 Å². The molecule has 0 aliphatic carbocycles. The van der Waals surface area contributed by atoms with Crippen LogP contribution in [0.1, 0.15) is 22.7 Å². The maximum atomic E-state index is 6.18. The standard InChI is InChI=1S/C16H17BrClNO/c1-10-6-11(8-13(18)7-10)16(19-2)14-9-12(17)4-5-15(14)20-3/h4-9,16,19H,1-3H3. The lowest BCUT2D eigenvalue weighted by atomic mass is 9.96. The molecule has 2 aromatic carbocycles. The molecule has 0 aromatic heterocycles. The topological polar surface area (TPSA) is 21.3 Å². The molecule has 106 valence electrons. The zero-order chi connectivity index (χ0) is 14.7. The Hall–Kier alpha value is -1.03. The van der Waals surface area contributed by atoms with Crippen LogP contribution in [0.2, 0.25) is 5.02 Å². The zero-order valence-electron chi connectivity index (χ0n) is 11.7. The van der Waals surface area contributed by atoms with Crippen LogP contribution in [0, 0.1) is 6.92 Å². The molecule has 0 bridgehead atoms. The van der Waals surface area contributed by atoms with Crippen LogP contribution in [-0.2, 0) is 0 Å². The van der Waals surface area contributed by atoms with Crippen molar-refractivity contribution in [3.63, 3.8) is 0 Å². The van der Waals surface area contributed by atoms with E-state index in [1.54, 1.807) is 7.11 Å². The number of hydrogen-bond acceptors (Lipinski definition) is 2. The van der Waals surface area contributed by atoms with E-state index in [1.807, 2.05) is 38.2 Å².